The van der Waals surface area contributed by atoms with Gasteiger partial charge in [0.05, 0.1) is 6.42 Å². The maximum atomic E-state index is 10.9. The second kappa shape index (κ2) is 8.26. The van der Waals surface area contributed by atoms with Gasteiger partial charge in [-0.15, -0.1) is 0 Å². The Kier molecular flexibility index (Phi) is 7.68. The summed E-state index contributed by atoms with van der Waals surface area (Å²) in [5, 5.41) is 0. The van der Waals surface area contributed by atoms with Crippen molar-refractivity contribution >= 4 is 11.9 Å². The number of rotatable bonds is 6. The Bertz CT molecular complexity index is 199. The predicted molar refractivity (Wildman–Crippen MR) is 55.8 cm³/mol. The number of carbonyl (C=O) groups excluding carboxylic acids is 2. The molecule has 15 heavy (non-hydrogen) atoms. The van der Waals surface area contributed by atoms with Crippen molar-refractivity contribution in [2.45, 2.75) is 52.9 Å². The minimum atomic E-state index is -0.608. The number of unbranched alkanes of at least 4 members (excludes halogenated alkanes) is 2. The van der Waals surface area contributed by atoms with Gasteiger partial charge >= 0.3 is 11.9 Å². The van der Waals surface area contributed by atoms with Crippen molar-refractivity contribution in [1.82, 2.24) is 0 Å². The normalized spacial score (nSPS) is 10.1. The summed E-state index contributed by atoms with van der Waals surface area (Å²) >= 11 is 0. The third-order valence-corrected chi connectivity index (χ3v) is 1.91. The highest BCUT2D eigenvalue weighted by atomic mass is 17.2. The smallest absolute Gasteiger partial charge is 0.248 e. The summed E-state index contributed by atoms with van der Waals surface area (Å²) in [6, 6.07) is 0. The predicted octanol–water partition coefficient (Wildman–Crippen LogP) is 2.61. The van der Waals surface area contributed by atoms with Crippen LogP contribution >= 0.6 is 0 Å². The largest absolute Gasteiger partial charge is 0.355 e. The van der Waals surface area contributed by atoms with Crippen LogP contribution < -0.4 is 0 Å². The molecule has 0 radical (unpaired) electrons. The molecule has 4 heteroatoms. The van der Waals surface area contributed by atoms with Crippen LogP contribution in [0, 0.1) is 5.92 Å². The number of hydrogen-bond acceptors (Lipinski definition) is 4. The van der Waals surface area contributed by atoms with Gasteiger partial charge in [-0.05, 0) is 12.3 Å². The van der Waals surface area contributed by atoms with Crippen LogP contribution in [0.15, 0.2) is 0 Å². The first-order chi connectivity index (χ1) is 7.02. The lowest BCUT2D eigenvalue weighted by molar-refractivity contribution is -0.257. The first-order valence-corrected chi connectivity index (χ1v) is 5.40. The zero-order valence-corrected chi connectivity index (χ0v) is 9.75. The Morgan fingerprint density at radius 3 is 2.27 bits per heavy atom. The van der Waals surface area contributed by atoms with E-state index in [0.29, 0.717) is 12.3 Å². The van der Waals surface area contributed by atoms with Crippen LogP contribution in [0.2, 0.25) is 0 Å². The monoisotopic (exact) mass is 216 g/mol. The standard InChI is InChI=1S/C11H20O4/c1-9(2)7-5-4-6-8-11(13)15-14-10(3)12/h9H,4-8H2,1-3H3. The van der Waals surface area contributed by atoms with Gasteiger partial charge in [0.2, 0.25) is 0 Å². The first kappa shape index (κ1) is 13.9. The number of hydrogen-bond donors (Lipinski definition) is 0. The minimum absolute atomic E-state index is 0.311. The third-order valence-electron chi connectivity index (χ3n) is 1.91. The van der Waals surface area contributed by atoms with Crippen molar-refractivity contribution in [3.8, 4) is 0 Å². The lowest BCUT2D eigenvalue weighted by Gasteiger charge is -2.03. The number of carbonyl (C=O) groups is 2. The summed E-state index contributed by atoms with van der Waals surface area (Å²) in [7, 11) is 0. The van der Waals surface area contributed by atoms with Crippen LogP contribution in [0.3, 0.4) is 0 Å². The van der Waals surface area contributed by atoms with E-state index in [0.717, 1.165) is 19.3 Å². The van der Waals surface area contributed by atoms with E-state index in [2.05, 4.69) is 23.6 Å². The Labute approximate surface area is 90.9 Å². The topological polar surface area (TPSA) is 52.6 Å². The van der Waals surface area contributed by atoms with Gasteiger partial charge in [-0.2, -0.15) is 0 Å². The average molecular weight is 216 g/mol. The highest BCUT2D eigenvalue weighted by Gasteiger charge is 2.05. The van der Waals surface area contributed by atoms with Crippen LogP contribution in [-0.4, -0.2) is 11.9 Å². The minimum Gasteiger partial charge on any atom is -0.248 e. The van der Waals surface area contributed by atoms with Crippen LogP contribution in [0.4, 0.5) is 0 Å². The highest BCUT2D eigenvalue weighted by Crippen LogP contribution is 2.09. The molecule has 0 bridgehead atoms. The molecule has 0 aliphatic rings. The van der Waals surface area contributed by atoms with Crippen molar-refractivity contribution in [3.63, 3.8) is 0 Å². The van der Waals surface area contributed by atoms with E-state index in [1.165, 1.54) is 13.3 Å². The van der Waals surface area contributed by atoms with Crippen molar-refractivity contribution in [1.29, 1.82) is 0 Å². The molecule has 0 heterocycles. The SMILES string of the molecule is CC(=O)OOC(=O)CCCCCC(C)C. The highest BCUT2D eigenvalue weighted by molar-refractivity contribution is 5.71. The van der Waals surface area contributed by atoms with E-state index in [1.807, 2.05) is 0 Å². The lowest BCUT2D eigenvalue weighted by atomic mass is 10.0. The molecule has 0 atom stereocenters. The van der Waals surface area contributed by atoms with Crippen molar-refractivity contribution in [2.24, 2.45) is 5.92 Å². The van der Waals surface area contributed by atoms with E-state index in [-0.39, 0.29) is 0 Å². The van der Waals surface area contributed by atoms with E-state index < -0.39 is 11.9 Å². The summed E-state index contributed by atoms with van der Waals surface area (Å²) < 4.78 is 0. The van der Waals surface area contributed by atoms with Gasteiger partial charge in [0.1, 0.15) is 0 Å². The summed E-state index contributed by atoms with van der Waals surface area (Å²) in [5.74, 6) is -0.379. The molecule has 0 saturated carbocycles. The molecule has 0 unspecified atom stereocenters. The molecule has 0 aliphatic heterocycles. The Morgan fingerprint density at radius 1 is 1.07 bits per heavy atom. The zero-order valence-electron chi connectivity index (χ0n) is 9.75. The van der Waals surface area contributed by atoms with Crippen molar-refractivity contribution in [2.75, 3.05) is 0 Å². The molecule has 4 nitrogen and oxygen atoms in total. The van der Waals surface area contributed by atoms with Crippen LogP contribution in [0.1, 0.15) is 52.9 Å². The molecule has 0 N–H and O–H groups in total. The van der Waals surface area contributed by atoms with Gasteiger partial charge in [0.15, 0.2) is 0 Å². The summed E-state index contributed by atoms with van der Waals surface area (Å²) in [4.78, 5) is 29.6. The zero-order chi connectivity index (χ0) is 11.7. The Balaban J connectivity index is 3.28. The maximum Gasteiger partial charge on any atom is 0.355 e. The molecule has 88 valence electrons. The quantitative estimate of drug-likeness (QED) is 0.389. The van der Waals surface area contributed by atoms with Gasteiger partial charge < -0.3 is 0 Å². The second-order valence-electron chi connectivity index (χ2n) is 4.02. The molecular formula is C11H20O4. The van der Waals surface area contributed by atoms with Gasteiger partial charge in [-0.1, -0.05) is 33.1 Å². The fourth-order valence-corrected chi connectivity index (χ4v) is 1.15. The lowest BCUT2D eigenvalue weighted by Crippen LogP contribution is -2.08. The average Bonchev–Trinajstić information content (AvgIpc) is 2.13. The van der Waals surface area contributed by atoms with E-state index >= 15 is 0 Å². The van der Waals surface area contributed by atoms with Crippen LogP contribution in [0.5, 0.6) is 0 Å². The summed E-state index contributed by atoms with van der Waals surface area (Å²) in [6.07, 6.45) is 4.41. The van der Waals surface area contributed by atoms with E-state index in [4.69, 9.17) is 0 Å². The molecule has 0 fully saturated rings. The fraction of sp³-hybridized carbons (Fsp3) is 0.818. The molecule has 0 spiro atoms. The molecular weight excluding hydrogens is 196 g/mol. The molecule has 0 saturated heterocycles. The first-order valence-electron chi connectivity index (χ1n) is 5.40. The van der Waals surface area contributed by atoms with Gasteiger partial charge in [-0.3, -0.25) is 0 Å². The van der Waals surface area contributed by atoms with Crippen molar-refractivity contribution < 1.29 is 19.4 Å². The molecule has 0 aromatic rings. The van der Waals surface area contributed by atoms with Crippen molar-refractivity contribution in [3.05, 3.63) is 0 Å². The Morgan fingerprint density at radius 2 is 1.73 bits per heavy atom. The third kappa shape index (κ3) is 10.9. The van der Waals surface area contributed by atoms with Gasteiger partial charge in [0, 0.05) is 6.92 Å². The Hall–Kier alpha value is -1.06. The maximum absolute atomic E-state index is 10.9. The molecule has 0 amide bonds. The molecule has 0 aromatic heterocycles. The van der Waals surface area contributed by atoms with Gasteiger partial charge in [0.25, 0.3) is 0 Å². The van der Waals surface area contributed by atoms with E-state index in [9.17, 15) is 9.59 Å². The van der Waals surface area contributed by atoms with Crippen LogP contribution in [0.25, 0.3) is 0 Å². The summed E-state index contributed by atoms with van der Waals surface area (Å²) in [6.45, 7) is 5.54. The van der Waals surface area contributed by atoms with E-state index in [1.54, 1.807) is 0 Å². The van der Waals surface area contributed by atoms with Gasteiger partial charge in [-0.25, -0.2) is 19.4 Å². The fourth-order valence-electron chi connectivity index (χ4n) is 1.15. The molecule has 0 rings (SSSR count). The molecule has 0 aromatic carbocycles. The molecule has 0 aliphatic carbocycles. The summed E-state index contributed by atoms with van der Waals surface area (Å²) in [5.41, 5.74) is 0. The van der Waals surface area contributed by atoms with Crippen LogP contribution in [-0.2, 0) is 19.4 Å². The second-order valence-corrected chi connectivity index (χ2v) is 4.02.